The van der Waals surface area contributed by atoms with E-state index >= 15 is 0 Å². The van der Waals surface area contributed by atoms with Crippen LogP contribution in [-0.4, -0.2) is 49.3 Å². The average molecular weight is 439 g/mol. The highest BCUT2D eigenvalue weighted by Gasteiger charge is 2.31. The molecule has 2 rings (SSSR count). The summed E-state index contributed by atoms with van der Waals surface area (Å²) in [5.74, 6) is -0.973. The largest absolute Gasteiger partial charge is 0.496 e. The van der Waals surface area contributed by atoms with E-state index in [1.807, 2.05) is 0 Å². The fourth-order valence-electron chi connectivity index (χ4n) is 3.17. The second-order valence-electron chi connectivity index (χ2n) is 6.91. The number of amides is 1. The number of carboxylic acids is 1. The van der Waals surface area contributed by atoms with Gasteiger partial charge in [0.25, 0.3) is 0 Å². The standard InChI is InChI=1S/C22H24F3NO5/c1-14(27)26(8-9-30-2)13-16-12-17(22(23,24)25)5-6-18(16)19-10-15(11-21(28)29)4-7-20(19)31-3/h4-7,10,12H,8-9,11,13H2,1-3H3,(H,28,29). The van der Waals surface area contributed by atoms with Gasteiger partial charge in [0.2, 0.25) is 5.91 Å². The van der Waals surface area contributed by atoms with Crippen molar-refractivity contribution in [3.63, 3.8) is 0 Å². The van der Waals surface area contributed by atoms with Crippen molar-refractivity contribution in [3.8, 4) is 16.9 Å². The van der Waals surface area contributed by atoms with E-state index < -0.39 is 17.7 Å². The molecule has 0 atom stereocenters. The van der Waals surface area contributed by atoms with Crippen molar-refractivity contribution >= 4 is 11.9 Å². The quantitative estimate of drug-likeness (QED) is 0.639. The maximum atomic E-state index is 13.4. The average Bonchev–Trinajstić information content (AvgIpc) is 2.69. The summed E-state index contributed by atoms with van der Waals surface area (Å²) >= 11 is 0. The molecule has 1 N–H and O–H groups in total. The van der Waals surface area contributed by atoms with Gasteiger partial charge in [-0.15, -0.1) is 0 Å². The predicted octanol–water partition coefficient (Wildman–Crippen LogP) is 4.00. The summed E-state index contributed by atoms with van der Waals surface area (Å²) in [4.78, 5) is 24.5. The smallest absolute Gasteiger partial charge is 0.416 e. The summed E-state index contributed by atoms with van der Waals surface area (Å²) in [5.41, 5.74) is 0.743. The number of carbonyl (C=O) groups is 2. The van der Waals surface area contributed by atoms with Gasteiger partial charge < -0.3 is 19.5 Å². The van der Waals surface area contributed by atoms with E-state index in [0.29, 0.717) is 22.4 Å². The molecule has 9 heteroatoms. The first-order chi connectivity index (χ1) is 14.6. The number of halogens is 3. The molecule has 0 fully saturated rings. The molecule has 0 bridgehead atoms. The van der Waals surface area contributed by atoms with Gasteiger partial charge in [0.1, 0.15) is 5.75 Å². The highest BCUT2D eigenvalue weighted by molar-refractivity contribution is 5.78. The van der Waals surface area contributed by atoms with Crippen LogP contribution < -0.4 is 4.74 Å². The first-order valence-corrected chi connectivity index (χ1v) is 9.40. The number of carboxylic acid groups (broad SMARTS) is 1. The van der Waals surface area contributed by atoms with Gasteiger partial charge in [-0.05, 0) is 41.0 Å². The maximum Gasteiger partial charge on any atom is 0.416 e. The van der Waals surface area contributed by atoms with E-state index in [2.05, 4.69) is 0 Å². The van der Waals surface area contributed by atoms with Crippen molar-refractivity contribution in [2.24, 2.45) is 0 Å². The van der Waals surface area contributed by atoms with Crippen molar-refractivity contribution in [1.82, 2.24) is 4.90 Å². The molecular formula is C22H24F3NO5. The molecule has 0 saturated carbocycles. The molecule has 2 aromatic rings. The van der Waals surface area contributed by atoms with E-state index in [1.54, 1.807) is 18.2 Å². The van der Waals surface area contributed by atoms with Crippen molar-refractivity contribution in [2.45, 2.75) is 26.1 Å². The van der Waals surface area contributed by atoms with Crippen molar-refractivity contribution in [1.29, 1.82) is 0 Å². The van der Waals surface area contributed by atoms with Crippen molar-refractivity contribution < 1.29 is 37.3 Å². The van der Waals surface area contributed by atoms with Crippen molar-refractivity contribution in [2.75, 3.05) is 27.4 Å². The maximum absolute atomic E-state index is 13.4. The summed E-state index contributed by atoms with van der Waals surface area (Å²) in [5, 5.41) is 9.09. The topological polar surface area (TPSA) is 76.1 Å². The Morgan fingerprint density at radius 2 is 1.77 bits per heavy atom. The fraction of sp³-hybridized carbons (Fsp3) is 0.364. The van der Waals surface area contributed by atoms with E-state index in [0.717, 1.165) is 12.1 Å². The third-order valence-electron chi connectivity index (χ3n) is 4.71. The number of ether oxygens (including phenoxy) is 2. The molecule has 0 aliphatic carbocycles. The molecule has 6 nitrogen and oxygen atoms in total. The van der Waals surface area contributed by atoms with E-state index in [1.165, 1.54) is 32.1 Å². The number of carbonyl (C=O) groups excluding carboxylic acids is 1. The van der Waals surface area contributed by atoms with Gasteiger partial charge in [0.05, 0.1) is 25.7 Å². The molecule has 0 aliphatic rings. The molecule has 31 heavy (non-hydrogen) atoms. The number of aliphatic carboxylic acids is 1. The Balaban J connectivity index is 2.63. The summed E-state index contributed by atoms with van der Waals surface area (Å²) in [6.45, 7) is 1.68. The number of hydrogen-bond donors (Lipinski definition) is 1. The normalized spacial score (nSPS) is 11.3. The minimum absolute atomic E-state index is 0.0791. The van der Waals surface area contributed by atoms with Crippen LogP contribution in [-0.2, 0) is 33.5 Å². The second-order valence-corrected chi connectivity index (χ2v) is 6.91. The summed E-state index contributed by atoms with van der Waals surface area (Å²) in [6, 6.07) is 8.00. The Kier molecular flexibility index (Phi) is 8.04. The van der Waals surface area contributed by atoms with Gasteiger partial charge >= 0.3 is 12.1 Å². The van der Waals surface area contributed by atoms with E-state index in [-0.39, 0.29) is 37.6 Å². The number of rotatable bonds is 9. The minimum atomic E-state index is -4.56. The fourth-order valence-corrected chi connectivity index (χ4v) is 3.17. The van der Waals surface area contributed by atoms with Gasteiger partial charge in [-0.1, -0.05) is 12.1 Å². The Hall–Kier alpha value is -3.07. The highest BCUT2D eigenvalue weighted by Crippen LogP contribution is 2.38. The molecule has 0 aromatic heterocycles. The SMILES string of the molecule is COCCN(Cc1cc(C(F)(F)F)ccc1-c1cc(CC(=O)O)ccc1OC)C(C)=O. The molecule has 0 spiro atoms. The number of nitrogens with zero attached hydrogens (tertiary/aromatic N) is 1. The Morgan fingerprint density at radius 3 is 2.32 bits per heavy atom. The third kappa shape index (κ3) is 6.45. The zero-order chi connectivity index (χ0) is 23.2. The van der Waals surface area contributed by atoms with Gasteiger partial charge in [0, 0.05) is 32.7 Å². The van der Waals surface area contributed by atoms with E-state index in [9.17, 15) is 22.8 Å². The molecule has 0 saturated heterocycles. The van der Waals surface area contributed by atoms with Crippen LogP contribution >= 0.6 is 0 Å². The Morgan fingerprint density at radius 1 is 1.06 bits per heavy atom. The van der Waals surface area contributed by atoms with Gasteiger partial charge in [-0.2, -0.15) is 13.2 Å². The number of benzene rings is 2. The summed E-state index contributed by atoms with van der Waals surface area (Å²) < 4.78 is 50.4. The van der Waals surface area contributed by atoms with Gasteiger partial charge in [-0.25, -0.2) is 0 Å². The molecule has 1 amide bonds. The molecule has 168 valence electrons. The third-order valence-corrected chi connectivity index (χ3v) is 4.71. The van der Waals surface area contributed by atoms with Crippen LogP contribution in [0.2, 0.25) is 0 Å². The number of methoxy groups -OCH3 is 2. The molecule has 0 unspecified atom stereocenters. The van der Waals surface area contributed by atoms with Crippen LogP contribution in [0.25, 0.3) is 11.1 Å². The second kappa shape index (κ2) is 10.3. The Bertz CT molecular complexity index is 943. The zero-order valence-electron chi connectivity index (χ0n) is 17.5. The van der Waals surface area contributed by atoms with Crippen LogP contribution in [0.1, 0.15) is 23.6 Å². The highest BCUT2D eigenvalue weighted by atomic mass is 19.4. The lowest BCUT2D eigenvalue weighted by Crippen LogP contribution is -2.31. The van der Waals surface area contributed by atoms with Crippen LogP contribution in [0, 0.1) is 0 Å². The monoisotopic (exact) mass is 439 g/mol. The van der Waals surface area contributed by atoms with E-state index in [4.69, 9.17) is 14.6 Å². The lowest BCUT2D eigenvalue weighted by Gasteiger charge is -2.24. The molecular weight excluding hydrogens is 415 g/mol. The van der Waals surface area contributed by atoms with Crippen LogP contribution in [0.5, 0.6) is 5.75 Å². The summed E-state index contributed by atoms with van der Waals surface area (Å²) in [6.07, 6.45) is -4.81. The van der Waals surface area contributed by atoms with Crippen LogP contribution in [0.15, 0.2) is 36.4 Å². The van der Waals surface area contributed by atoms with Gasteiger partial charge in [0.15, 0.2) is 0 Å². The number of alkyl halides is 3. The first kappa shape index (κ1) is 24.2. The van der Waals surface area contributed by atoms with Crippen LogP contribution in [0.3, 0.4) is 0 Å². The lowest BCUT2D eigenvalue weighted by molar-refractivity contribution is -0.138. The Labute approximate surface area is 178 Å². The molecule has 0 aliphatic heterocycles. The minimum Gasteiger partial charge on any atom is -0.496 e. The molecule has 2 aromatic carbocycles. The zero-order valence-corrected chi connectivity index (χ0v) is 17.5. The lowest BCUT2D eigenvalue weighted by atomic mass is 9.94. The van der Waals surface area contributed by atoms with Gasteiger partial charge in [-0.3, -0.25) is 9.59 Å². The molecule has 0 heterocycles. The predicted molar refractivity (Wildman–Crippen MR) is 108 cm³/mol. The first-order valence-electron chi connectivity index (χ1n) is 9.40. The summed E-state index contributed by atoms with van der Waals surface area (Å²) in [7, 11) is 2.88. The van der Waals surface area contributed by atoms with Crippen molar-refractivity contribution in [3.05, 3.63) is 53.1 Å². The van der Waals surface area contributed by atoms with Crippen LogP contribution in [0.4, 0.5) is 13.2 Å². The molecule has 0 radical (unpaired) electrons. The number of hydrogen-bond acceptors (Lipinski definition) is 4.